The summed E-state index contributed by atoms with van der Waals surface area (Å²) >= 11 is 1.68. The molecule has 0 saturated carbocycles. The van der Waals surface area contributed by atoms with E-state index in [0.29, 0.717) is 13.2 Å². The number of carbonyl (C=O) groups excluding carboxylic acids is 1. The molecule has 1 aromatic heterocycles. The van der Waals surface area contributed by atoms with Crippen LogP contribution in [0.3, 0.4) is 0 Å². The van der Waals surface area contributed by atoms with Crippen LogP contribution in [0.1, 0.15) is 39.0 Å². The van der Waals surface area contributed by atoms with Crippen LogP contribution in [0.4, 0.5) is 4.79 Å². The minimum absolute atomic E-state index is 0.0885. The molecular formula is C24H24N2O2S. The molecule has 0 bridgehead atoms. The number of hydrogen-bond acceptors (Lipinski definition) is 4. The van der Waals surface area contributed by atoms with Gasteiger partial charge in [-0.2, -0.15) is 0 Å². The maximum Gasteiger partial charge on any atom is 0.407 e. The lowest BCUT2D eigenvalue weighted by molar-refractivity contribution is 0.143. The van der Waals surface area contributed by atoms with Gasteiger partial charge in [0.05, 0.1) is 10.7 Å². The molecule has 0 spiro atoms. The van der Waals surface area contributed by atoms with Crippen LogP contribution in [0, 0.1) is 13.8 Å². The number of fused-ring (bicyclic) bond motifs is 3. The lowest BCUT2D eigenvalue weighted by atomic mass is 9.98. The van der Waals surface area contributed by atoms with Crippen LogP contribution in [0.2, 0.25) is 0 Å². The maximum absolute atomic E-state index is 12.1. The molecule has 29 heavy (non-hydrogen) atoms. The van der Waals surface area contributed by atoms with Crippen molar-refractivity contribution in [3.8, 4) is 11.1 Å². The van der Waals surface area contributed by atoms with Crippen molar-refractivity contribution in [1.29, 1.82) is 0 Å². The molecule has 1 amide bonds. The summed E-state index contributed by atoms with van der Waals surface area (Å²) in [6.45, 7) is 4.91. The van der Waals surface area contributed by atoms with E-state index in [4.69, 9.17) is 4.74 Å². The van der Waals surface area contributed by atoms with E-state index in [1.54, 1.807) is 11.3 Å². The first-order valence-corrected chi connectivity index (χ1v) is 10.6. The predicted molar refractivity (Wildman–Crippen MR) is 118 cm³/mol. The smallest absolute Gasteiger partial charge is 0.407 e. The molecule has 0 atom stereocenters. The van der Waals surface area contributed by atoms with Crippen LogP contribution in [0.5, 0.6) is 0 Å². The predicted octanol–water partition coefficient (Wildman–Crippen LogP) is 5.70. The van der Waals surface area contributed by atoms with E-state index in [1.165, 1.54) is 27.1 Å². The van der Waals surface area contributed by atoms with E-state index in [2.05, 4.69) is 46.7 Å². The molecule has 0 aliphatic heterocycles. The minimum atomic E-state index is -0.370. The molecule has 4 rings (SSSR count). The average Bonchev–Trinajstić information content (AvgIpc) is 3.22. The Morgan fingerprint density at radius 1 is 1.10 bits per heavy atom. The fourth-order valence-electron chi connectivity index (χ4n) is 3.80. The third-order valence-electron chi connectivity index (χ3n) is 5.13. The molecule has 2 aromatic carbocycles. The Balaban J connectivity index is 1.28. The maximum atomic E-state index is 12.1. The normalized spacial score (nSPS) is 12.8. The summed E-state index contributed by atoms with van der Waals surface area (Å²) in [7, 11) is 0. The van der Waals surface area contributed by atoms with Crippen molar-refractivity contribution in [1.82, 2.24) is 10.3 Å². The number of aromatic nitrogens is 1. The Bertz CT molecular complexity index is 1010. The Morgan fingerprint density at radius 2 is 1.76 bits per heavy atom. The first kappa shape index (κ1) is 19.4. The number of nitrogens with zero attached hydrogens (tertiary/aromatic N) is 1. The van der Waals surface area contributed by atoms with Crippen LogP contribution in [0.15, 0.2) is 54.6 Å². The summed E-state index contributed by atoms with van der Waals surface area (Å²) in [4.78, 5) is 17.7. The quantitative estimate of drug-likeness (QED) is 0.536. The standard InChI is InChI=1S/C24H24N2O2S/c1-16-23(29-17(2)26-16)13-7-8-14-25-24(27)28-15-22-20-11-5-3-9-18(20)19-10-4-6-12-21(19)22/h3-7,9-13,22H,8,14-15H2,1-2H3,(H,25,27). The number of benzene rings is 2. The lowest BCUT2D eigenvalue weighted by Gasteiger charge is -2.14. The van der Waals surface area contributed by atoms with Crippen molar-refractivity contribution >= 4 is 23.5 Å². The largest absolute Gasteiger partial charge is 0.449 e. The SMILES string of the molecule is Cc1nc(C)c(C=CCCNC(=O)OCC2c3ccccc3-c3ccccc32)s1. The number of thiazole rings is 1. The first-order chi connectivity index (χ1) is 14.1. The lowest BCUT2D eigenvalue weighted by Crippen LogP contribution is -2.26. The molecule has 0 saturated heterocycles. The number of aryl methyl sites for hydroxylation is 2. The van der Waals surface area contributed by atoms with Crippen molar-refractivity contribution in [3.05, 3.63) is 81.3 Å². The molecule has 3 aromatic rings. The molecule has 1 heterocycles. The van der Waals surface area contributed by atoms with E-state index < -0.39 is 0 Å². The van der Waals surface area contributed by atoms with Crippen molar-refractivity contribution in [2.45, 2.75) is 26.2 Å². The molecule has 0 radical (unpaired) electrons. The average molecular weight is 405 g/mol. The second kappa shape index (κ2) is 8.62. The highest BCUT2D eigenvalue weighted by atomic mass is 32.1. The molecule has 4 nitrogen and oxygen atoms in total. The fourth-order valence-corrected chi connectivity index (χ4v) is 4.66. The zero-order chi connectivity index (χ0) is 20.2. The van der Waals surface area contributed by atoms with Crippen molar-refractivity contribution in [2.24, 2.45) is 0 Å². The highest BCUT2D eigenvalue weighted by molar-refractivity contribution is 7.12. The van der Waals surface area contributed by atoms with Crippen LogP contribution < -0.4 is 5.32 Å². The zero-order valence-corrected chi connectivity index (χ0v) is 17.5. The van der Waals surface area contributed by atoms with Gasteiger partial charge in [0.1, 0.15) is 6.61 Å². The highest BCUT2D eigenvalue weighted by Crippen LogP contribution is 2.44. The zero-order valence-electron chi connectivity index (χ0n) is 16.6. The Labute approximate surface area is 175 Å². The van der Waals surface area contributed by atoms with Gasteiger partial charge in [-0.1, -0.05) is 54.6 Å². The summed E-state index contributed by atoms with van der Waals surface area (Å²) < 4.78 is 5.54. The molecular weight excluding hydrogens is 380 g/mol. The van der Waals surface area contributed by atoms with E-state index >= 15 is 0 Å². The van der Waals surface area contributed by atoms with Crippen LogP contribution >= 0.6 is 11.3 Å². The van der Waals surface area contributed by atoms with Gasteiger partial charge >= 0.3 is 6.09 Å². The first-order valence-electron chi connectivity index (χ1n) is 9.83. The second-order valence-corrected chi connectivity index (χ2v) is 8.36. The fraction of sp³-hybridized carbons (Fsp3) is 0.250. The number of ether oxygens (including phenoxy) is 1. The number of alkyl carbamates (subject to hydrolysis) is 1. The molecule has 0 fully saturated rings. The summed E-state index contributed by atoms with van der Waals surface area (Å²) in [5.41, 5.74) is 5.96. The third kappa shape index (κ3) is 4.25. The van der Waals surface area contributed by atoms with Gasteiger partial charge in [0.2, 0.25) is 0 Å². The number of carbonyl (C=O) groups is 1. The van der Waals surface area contributed by atoms with E-state index in [9.17, 15) is 4.79 Å². The Kier molecular flexibility index (Phi) is 5.76. The number of nitrogens with one attached hydrogen (secondary N) is 1. The summed E-state index contributed by atoms with van der Waals surface area (Å²) in [6.07, 6.45) is 4.51. The van der Waals surface area contributed by atoms with Crippen molar-refractivity contribution in [3.63, 3.8) is 0 Å². The molecule has 0 unspecified atom stereocenters. The molecule has 1 aliphatic rings. The second-order valence-electron chi connectivity index (χ2n) is 7.13. The molecule has 5 heteroatoms. The van der Waals surface area contributed by atoms with E-state index in [0.717, 1.165) is 17.1 Å². The van der Waals surface area contributed by atoms with Crippen LogP contribution in [-0.2, 0) is 4.74 Å². The van der Waals surface area contributed by atoms with Gasteiger partial charge in [-0.15, -0.1) is 11.3 Å². The number of hydrogen-bond donors (Lipinski definition) is 1. The Morgan fingerprint density at radius 3 is 2.38 bits per heavy atom. The Hall–Kier alpha value is -2.92. The summed E-state index contributed by atoms with van der Waals surface area (Å²) in [6, 6.07) is 16.7. The molecule has 148 valence electrons. The minimum Gasteiger partial charge on any atom is -0.449 e. The van der Waals surface area contributed by atoms with Gasteiger partial charge in [0, 0.05) is 17.3 Å². The van der Waals surface area contributed by atoms with Gasteiger partial charge in [-0.3, -0.25) is 0 Å². The van der Waals surface area contributed by atoms with E-state index in [-0.39, 0.29) is 12.0 Å². The number of amides is 1. The van der Waals surface area contributed by atoms with Crippen molar-refractivity contribution in [2.75, 3.05) is 13.2 Å². The van der Waals surface area contributed by atoms with Gasteiger partial charge in [-0.25, -0.2) is 9.78 Å². The van der Waals surface area contributed by atoms with Gasteiger partial charge in [0.25, 0.3) is 0 Å². The topological polar surface area (TPSA) is 51.2 Å². The summed E-state index contributed by atoms with van der Waals surface area (Å²) in [5, 5.41) is 3.90. The summed E-state index contributed by atoms with van der Waals surface area (Å²) in [5.74, 6) is 0.0885. The third-order valence-corrected chi connectivity index (χ3v) is 6.17. The van der Waals surface area contributed by atoms with Gasteiger partial charge in [-0.05, 0) is 48.6 Å². The van der Waals surface area contributed by atoms with Gasteiger partial charge < -0.3 is 10.1 Å². The highest BCUT2D eigenvalue weighted by Gasteiger charge is 2.28. The monoisotopic (exact) mass is 404 g/mol. The van der Waals surface area contributed by atoms with Crippen LogP contribution in [0.25, 0.3) is 17.2 Å². The number of rotatable bonds is 6. The van der Waals surface area contributed by atoms with Gasteiger partial charge in [0.15, 0.2) is 0 Å². The van der Waals surface area contributed by atoms with Crippen LogP contribution in [-0.4, -0.2) is 24.2 Å². The molecule has 1 N–H and O–H groups in total. The van der Waals surface area contributed by atoms with Crippen molar-refractivity contribution < 1.29 is 9.53 Å². The van der Waals surface area contributed by atoms with E-state index in [1.807, 2.05) is 38.1 Å². The molecule has 1 aliphatic carbocycles.